The average molecular weight is 368 g/mol. The summed E-state index contributed by atoms with van der Waals surface area (Å²) in [4.78, 5) is 15.2. The zero-order chi connectivity index (χ0) is 18.8. The Hall–Kier alpha value is -2.98. The number of hydrogen-bond donors (Lipinski definition) is 1. The Labute approximate surface area is 165 Å². The molecule has 5 rings (SSSR count). The van der Waals surface area contributed by atoms with Crippen molar-refractivity contribution in [2.45, 2.75) is 25.3 Å². The van der Waals surface area contributed by atoms with Crippen molar-refractivity contribution in [3.63, 3.8) is 0 Å². The van der Waals surface area contributed by atoms with Crippen LogP contribution in [0.15, 0.2) is 73.1 Å². The van der Waals surface area contributed by atoms with Crippen LogP contribution < -0.4 is 0 Å². The molecule has 0 spiro atoms. The van der Waals surface area contributed by atoms with E-state index in [1.165, 1.54) is 29.5 Å². The van der Waals surface area contributed by atoms with Crippen molar-refractivity contribution >= 4 is 11.0 Å². The molecule has 0 radical (unpaired) electrons. The maximum atomic E-state index is 4.93. The molecule has 3 heterocycles. The quantitative estimate of drug-likeness (QED) is 0.539. The van der Waals surface area contributed by atoms with E-state index in [0.29, 0.717) is 6.04 Å². The summed E-state index contributed by atoms with van der Waals surface area (Å²) in [5, 5.41) is 0. The highest BCUT2D eigenvalue weighted by molar-refractivity contribution is 5.82. The minimum Gasteiger partial charge on any atom is -0.341 e. The predicted octanol–water partition coefficient (Wildman–Crippen LogP) is 5.00. The van der Waals surface area contributed by atoms with Crippen LogP contribution in [0.2, 0.25) is 0 Å². The molecule has 1 aliphatic heterocycles. The monoisotopic (exact) mass is 368 g/mol. The Kier molecular flexibility index (Phi) is 4.63. The highest BCUT2D eigenvalue weighted by Gasteiger charge is 2.28. The van der Waals surface area contributed by atoms with Gasteiger partial charge in [0.05, 0.1) is 17.1 Å². The molecule has 0 aliphatic carbocycles. The Morgan fingerprint density at radius 2 is 1.82 bits per heavy atom. The zero-order valence-electron chi connectivity index (χ0n) is 15.9. The lowest BCUT2D eigenvalue weighted by molar-refractivity contribution is 0.253. The van der Waals surface area contributed by atoms with E-state index in [-0.39, 0.29) is 0 Å². The maximum absolute atomic E-state index is 4.93. The third kappa shape index (κ3) is 3.43. The van der Waals surface area contributed by atoms with Crippen LogP contribution in [-0.4, -0.2) is 32.9 Å². The first-order valence-corrected chi connectivity index (χ1v) is 10.0. The van der Waals surface area contributed by atoms with Crippen molar-refractivity contribution in [2.75, 3.05) is 13.1 Å². The van der Waals surface area contributed by atoms with Gasteiger partial charge in [0, 0.05) is 18.9 Å². The minimum absolute atomic E-state index is 0.389. The summed E-state index contributed by atoms with van der Waals surface area (Å²) in [6.07, 6.45) is 7.16. The second-order valence-electron chi connectivity index (χ2n) is 7.52. The summed E-state index contributed by atoms with van der Waals surface area (Å²) in [5.74, 6) is 1.10. The van der Waals surface area contributed by atoms with E-state index in [0.717, 1.165) is 36.4 Å². The summed E-state index contributed by atoms with van der Waals surface area (Å²) >= 11 is 0. The number of benzene rings is 2. The number of aromatic amines is 1. The van der Waals surface area contributed by atoms with Gasteiger partial charge in [-0.1, -0.05) is 36.4 Å². The van der Waals surface area contributed by atoms with Gasteiger partial charge in [-0.3, -0.25) is 9.88 Å². The van der Waals surface area contributed by atoms with Gasteiger partial charge in [0.25, 0.3) is 0 Å². The van der Waals surface area contributed by atoms with Gasteiger partial charge in [0.1, 0.15) is 5.82 Å². The summed E-state index contributed by atoms with van der Waals surface area (Å²) in [6, 6.07) is 21.7. The molecule has 4 heteroatoms. The van der Waals surface area contributed by atoms with Gasteiger partial charge in [-0.15, -0.1) is 0 Å². The molecule has 1 N–H and O–H groups in total. The van der Waals surface area contributed by atoms with E-state index in [1.54, 1.807) is 0 Å². The molecule has 140 valence electrons. The van der Waals surface area contributed by atoms with Crippen molar-refractivity contribution in [2.24, 2.45) is 0 Å². The Morgan fingerprint density at radius 3 is 2.68 bits per heavy atom. The number of fused-ring (bicyclic) bond motifs is 1. The molecule has 4 aromatic rings. The SMILES string of the molecule is c1ccc(CCN2CCC[C@H]2c2nc3ccc(-c4ccncc4)cc3[nH]2)cc1. The largest absolute Gasteiger partial charge is 0.341 e. The van der Waals surface area contributed by atoms with Crippen molar-refractivity contribution in [3.05, 3.63) is 84.4 Å². The van der Waals surface area contributed by atoms with Crippen molar-refractivity contribution in [1.82, 2.24) is 19.9 Å². The van der Waals surface area contributed by atoms with E-state index >= 15 is 0 Å². The molecular weight excluding hydrogens is 344 g/mol. The number of pyridine rings is 1. The molecule has 0 unspecified atom stereocenters. The summed E-state index contributed by atoms with van der Waals surface area (Å²) in [5.41, 5.74) is 5.93. The molecule has 1 saturated heterocycles. The molecule has 0 bridgehead atoms. The summed E-state index contributed by atoms with van der Waals surface area (Å²) in [6.45, 7) is 2.23. The van der Waals surface area contributed by atoms with E-state index in [4.69, 9.17) is 4.98 Å². The highest BCUT2D eigenvalue weighted by atomic mass is 15.2. The van der Waals surface area contributed by atoms with E-state index in [9.17, 15) is 0 Å². The van der Waals surface area contributed by atoms with Crippen LogP contribution >= 0.6 is 0 Å². The first-order chi connectivity index (χ1) is 13.9. The number of aromatic nitrogens is 3. The number of nitrogens with zero attached hydrogens (tertiary/aromatic N) is 3. The van der Waals surface area contributed by atoms with E-state index in [1.807, 2.05) is 24.5 Å². The number of H-pyrrole nitrogens is 1. The van der Waals surface area contributed by atoms with Gasteiger partial charge in [-0.05, 0) is 66.8 Å². The van der Waals surface area contributed by atoms with Crippen LogP contribution in [0.1, 0.15) is 30.3 Å². The third-order valence-electron chi connectivity index (χ3n) is 5.72. The molecule has 2 aromatic heterocycles. The van der Waals surface area contributed by atoms with Crippen LogP contribution in [-0.2, 0) is 6.42 Å². The molecule has 0 amide bonds. The van der Waals surface area contributed by atoms with Crippen LogP contribution in [0.25, 0.3) is 22.2 Å². The first kappa shape index (κ1) is 17.1. The summed E-state index contributed by atoms with van der Waals surface area (Å²) < 4.78 is 0. The van der Waals surface area contributed by atoms with Crippen molar-refractivity contribution in [1.29, 1.82) is 0 Å². The van der Waals surface area contributed by atoms with Gasteiger partial charge in [0.2, 0.25) is 0 Å². The number of nitrogens with one attached hydrogen (secondary N) is 1. The molecule has 2 aromatic carbocycles. The Balaban J connectivity index is 1.37. The standard InChI is InChI=1S/C24H24N4/c1-2-5-18(6-3-1)12-16-28-15-4-7-23(28)24-26-21-9-8-20(17-22(21)27-24)19-10-13-25-14-11-19/h1-3,5-6,8-11,13-14,17,23H,4,7,12,15-16H2,(H,26,27)/t23-/m0/s1. The lowest BCUT2D eigenvalue weighted by atomic mass is 10.1. The molecule has 28 heavy (non-hydrogen) atoms. The Bertz CT molecular complexity index is 1060. The lowest BCUT2D eigenvalue weighted by Crippen LogP contribution is -2.26. The molecule has 0 saturated carbocycles. The highest BCUT2D eigenvalue weighted by Crippen LogP contribution is 2.32. The van der Waals surface area contributed by atoms with Crippen LogP contribution in [0.4, 0.5) is 0 Å². The fourth-order valence-corrected chi connectivity index (χ4v) is 4.23. The fraction of sp³-hybridized carbons (Fsp3) is 0.250. The van der Waals surface area contributed by atoms with Gasteiger partial charge in [-0.2, -0.15) is 0 Å². The van der Waals surface area contributed by atoms with Gasteiger partial charge in [0.15, 0.2) is 0 Å². The maximum Gasteiger partial charge on any atom is 0.124 e. The molecule has 4 nitrogen and oxygen atoms in total. The Morgan fingerprint density at radius 1 is 0.964 bits per heavy atom. The number of imidazole rings is 1. The minimum atomic E-state index is 0.389. The zero-order valence-corrected chi connectivity index (χ0v) is 15.9. The van der Waals surface area contributed by atoms with E-state index in [2.05, 4.69) is 63.4 Å². The van der Waals surface area contributed by atoms with Crippen LogP contribution in [0.5, 0.6) is 0 Å². The fourth-order valence-electron chi connectivity index (χ4n) is 4.23. The average Bonchev–Trinajstić information content (AvgIpc) is 3.39. The molecule has 1 atom stereocenters. The van der Waals surface area contributed by atoms with Gasteiger partial charge < -0.3 is 4.98 Å². The van der Waals surface area contributed by atoms with Crippen molar-refractivity contribution < 1.29 is 0 Å². The number of rotatable bonds is 5. The van der Waals surface area contributed by atoms with Crippen LogP contribution in [0, 0.1) is 0 Å². The van der Waals surface area contributed by atoms with Gasteiger partial charge in [-0.25, -0.2) is 4.98 Å². The lowest BCUT2D eigenvalue weighted by Gasteiger charge is -2.22. The molecule has 1 aliphatic rings. The number of likely N-dealkylation sites (tertiary alicyclic amines) is 1. The predicted molar refractivity (Wildman–Crippen MR) is 113 cm³/mol. The first-order valence-electron chi connectivity index (χ1n) is 10.0. The second kappa shape index (κ2) is 7.56. The number of hydrogen-bond acceptors (Lipinski definition) is 3. The molecular formula is C24H24N4. The normalized spacial score (nSPS) is 17.4. The smallest absolute Gasteiger partial charge is 0.124 e. The topological polar surface area (TPSA) is 44.8 Å². The molecule has 1 fully saturated rings. The van der Waals surface area contributed by atoms with Crippen LogP contribution in [0.3, 0.4) is 0 Å². The second-order valence-corrected chi connectivity index (χ2v) is 7.52. The summed E-state index contributed by atoms with van der Waals surface area (Å²) in [7, 11) is 0. The van der Waals surface area contributed by atoms with Gasteiger partial charge >= 0.3 is 0 Å². The third-order valence-corrected chi connectivity index (χ3v) is 5.72. The van der Waals surface area contributed by atoms with E-state index < -0.39 is 0 Å². The van der Waals surface area contributed by atoms with Crippen molar-refractivity contribution in [3.8, 4) is 11.1 Å².